The lowest BCUT2D eigenvalue weighted by molar-refractivity contribution is 1.23. The molecular formula is C18H33Si4-. The van der Waals surface area contributed by atoms with Crippen LogP contribution in [0.1, 0.15) is 5.56 Å². The van der Waals surface area contributed by atoms with Gasteiger partial charge in [0.25, 0.3) is 0 Å². The molecule has 0 fully saturated rings. The van der Waals surface area contributed by atoms with E-state index in [0.717, 1.165) is 9.52 Å². The molecule has 0 saturated carbocycles. The van der Waals surface area contributed by atoms with Gasteiger partial charge in [-0.3, -0.25) is 0 Å². The van der Waals surface area contributed by atoms with Gasteiger partial charge in [0.1, 0.15) is 0 Å². The molecule has 22 heavy (non-hydrogen) atoms. The van der Waals surface area contributed by atoms with E-state index in [1.54, 1.807) is 0 Å². The van der Waals surface area contributed by atoms with E-state index < -0.39 is 24.2 Å². The summed E-state index contributed by atoms with van der Waals surface area (Å²) in [6.07, 6.45) is 3.57. The fourth-order valence-corrected chi connectivity index (χ4v) is 38.1. The smallest absolute Gasteiger partial charge is 0.0531 e. The minimum absolute atomic E-state index is 0.620. The summed E-state index contributed by atoms with van der Waals surface area (Å²) in [4.78, 5) is 0. The monoisotopic (exact) mass is 361 g/mol. The zero-order chi connectivity index (χ0) is 17.2. The van der Waals surface area contributed by atoms with E-state index in [1.165, 1.54) is 5.56 Å². The zero-order valence-electron chi connectivity index (χ0n) is 16.0. The third-order valence-electron chi connectivity index (χ3n) is 4.68. The van der Waals surface area contributed by atoms with Gasteiger partial charge in [0.2, 0.25) is 0 Å². The molecule has 0 amide bonds. The van der Waals surface area contributed by atoms with Crippen LogP contribution >= 0.6 is 0 Å². The molecule has 0 spiro atoms. The highest BCUT2D eigenvalue weighted by Crippen LogP contribution is 2.52. The van der Waals surface area contributed by atoms with E-state index in [4.69, 9.17) is 0 Å². The van der Waals surface area contributed by atoms with Gasteiger partial charge in [0.05, 0.1) is 9.52 Å². The first-order valence-electron chi connectivity index (χ1n) is 8.24. The van der Waals surface area contributed by atoms with Gasteiger partial charge >= 0.3 is 0 Å². The Morgan fingerprint density at radius 1 is 0.773 bits per heavy atom. The second-order valence-corrected chi connectivity index (χ2v) is 29.4. The summed E-state index contributed by atoms with van der Waals surface area (Å²) in [5.41, 5.74) is 3.61. The highest BCUT2D eigenvalue weighted by Gasteiger charge is 2.58. The van der Waals surface area contributed by atoms with Crippen molar-refractivity contribution in [2.24, 2.45) is 0 Å². The molecule has 122 valence electrons. The van der Waals surface area contributed by atoms with Crippen LogP contribution in [-0.4, -0.2) is 33.7 Å². The van der Waals surface area contributed by atoms with E-state index in [9.17, 15) is 0 Å². The van der Waals surface area contributed by atoms with Crippen LogP contribution in [0.3, 0.4) is 0 Å². The molecule has 0 atom stereocenters. The molecule has 2 radical (unpaired) electrons. The third-order valence-corrected chi connectivity index (χ3v) is 33.7. The van der Waals surface area contributed by atoms with E-state index in [0.29, 0.717) is 3.91 Å². The van der Waals surface area contributed by atoms with Crippen molar-refractivity contribution in [2.75, 3.05) is 0 Å². The summed E-state index contributed by atoms with van der Waals surface area (Å²) in [6, 6.07) is 10.6. The Morgan fingerprint density at radius 2 is 1.18 bits per heavy atom. The fourth-order valence-electron chi connectivity index (χ4n) is 4.79. The second kappa shape index (κ2) is 6.75. The number of hydrogen-bond donors (Lipinski definition) is 0. The normalized spacial score (nSPS) is 14.6. The van der Waals surface area contributed by atoms with Crippen molar-refractivity contribution in [3.63, 3.8) is 0 Å². The zero-order valence-corrected chi connectivity index (χ0v) is 20.0. The van der Waals surface area contributed by atoms with Crippen LogP contribution in [0.15, 0.2) is 36.0 Å². The maximum Gasteiger partial charge on any atom is 0.0531 e. The predicted molar refractivity (Wildman–Crippen MR) is 112 cm³/mol. The summed E-state index contributed by atoms with van der Waals surface area (Å²) in [5.74, 6) is 0. The number of hydrogen-bond acceptors (Lipinski definition) is 0. The van der Waals surface area contributed by atoms with Gasteiger partial charge in [0, 0.05) is 24.2 Å². The van der Waals surface area contributed by atoms with Crippen molar-refractivity contribution in [2.45, 2.75) is 62.8 Å². The largest absolute Gasteiger partial charge is 0.193 e. The molecule has 1 aromatic rings. The summed E-state index contributed by atoms with van der Waals surface area (Å²) >= 11 is 0. The molecule has 1 aromatic carbocycles. The van der Waals surface area contributed by atoms with Crippen LogP contribution in [0, 0.1) is 6.08 Å². The Bertz CT molecular complexity index is 463. The second-order valence-electron chi connectivity index (χ2n) is 9.30. The first kappa shape index (κ1) is 19.9. The van der Waals surface area contributed by atoms with Crippen LogP contribution in [0.5, 0.6) is 0 Å². The molecule has 4 heteroatoms. The van der Waals surface area contributed by atoms with Gasteiger partial charge < -0.3 is 0 Å². The van der Waals surface area contributed by atoms with Crippen molar-refractivity contribution in [3.8, 4) is 0 Å². The maximum absolute atomic E-state index is 3.57. The minimum atomic E-state index is -1.28. The van der Waals surface area contributed by atoms with E-state index in [-0.39, 0.29) is 0 Å². The Hall–Kier alpha value is -0.172. The molecule has 0 bridgehead atoms. The molecule has 0 unspecified atom stereocenters. The lowest BCUT2D eigenvalue weighted by Crippen LogP contribution is -2.68. The molecule has 0 aliphatic rings. The van der Waals surface area contributed by atoms with Crippen LogP contribution in [0.4, 0.5) is 0 Å². The van der Waals surface area contributed by atoms with Gasteiger partial charge in [-0.05, 0) is 3.91 Å². The van der Waals surface area contributed by atoms with Crippen LogP contribution in [0.2, 0.25) is 62.8 Å². The van der Waals surface area contributed by atoms with E-state index in [1.807, 2.05) is 0 Å². The van der Waals surface area contributed by atoms with Crippen molar-refractivity contribution >= 4 is 33.7 Å². The Kier molecular flexibility index (Phi) is 6.10. The van der Waals surface area contributed by atoms with Crippen molar-refractivity contribution in [1.29, 1.82) is 0 Å². The quantitative estimate of drug-likeness (QED) is 0.440. The highest BCUT2D eigenvalue weighted by molar-refractivity contribution is 7.23. The Labute approximate surface area is 144 Å². The van der Waals surface area contributed by atoms with Gasteiger partial charge in [-0.1, -0.05) is 65.0 Å². The SMILES string of the molecule is C[Si](C)(C)C([Si]C=[C-]c1ccccc1)([Si](C)(C)C)[Si](C)(C)C. The molecule has 0 heterocycles. The standard InChI is InChI=1S/C18H33Si4/c1-20(2,3)18(21(4,5)6,22(7,8)9)19-16-15-17-13-11-10-12-14-17/h10-14,16H,1-9H3/q-1. The Balaban J connectivity index is 3.25. The topological polar surface area (TPSA) is 0 Å². The first-order valence-corrected chi connectivity index (χ1v) is 19.8. The summed E-state index contributed by atoms with van der Waals surface area (Å²) in [5, 5.41) is 0. The molecule has 0 aromatic heterocycles. The Morgan fingerprint density at radius 3 is 1.55 bits per heavy atom. The summed E-state index contributed by atoms with van der Waals surface area (Å²) < 4.78 is 0.620. The average Bonchev–Trinajstić information content (AvgIpc) is 2.31. The van der Waals surface area contributed by atoms with Crippen LogP contribution in [-0.2, 0) is 0 Å². The van der Waals surface area contributed by atoms with Crippen molar-refractivity contribution < 1.29 is 0 Å². The molecule has 0 N–H and O–H groups in total. The molecule has 0 aliphatic carbocycles. The maximum atomic E-state index is 3.57. The van der Waals surface area contributed by atoms with Gasteiger partial charge in [-0.25, -0.2) is 0 Å². The van der Waals surface area contributed by atoms with E-state index >= 15 is 0 Å². The molecule has 0 saturated heterocycles. The first-order chi connectivity index (χ1) is 9.83. The molecule has 0 aliphatic heterocycles. The molecule has 1 rings (SSSR count). The molecular weight excluding hydrogens is 329 g/mol. The van der Waals surface area contributed by atoms with Gasteiger partial charge in [-0.2, -0.15) is 29.5 Å². The van der Waals surface area contributed by atoms with Gasteiger partial charge in [-0.15, -0.1) is 12.1 Å². The minimum Gasteiger partial charge on any atom is -0.193 e. The van der Waals surface area contributed by atoms with Crippen molar-refractivity contribution in [1.82, 2.24) is 0 Å². The lowest BCUT2D eigenvalue weighted by atomic mass is 10.2. The number of benzene rings is 1. The number of rotatable bonds is 6. The third kappa shape index (κ3) is 4.02. The molecule has 0 nitrogen and oxygen atoms in total. The summed E-state index contributed by atoms with van der Waals surface area (Å²) in [6.45, 7) is 23.4. The van der Waals surface area contributed by atoms with Crippen LogP contribution < -0.4 is 0 Å². The highest BCUT2D eigenvalue weighted by atomic mass is 28.5. The van der Waals surface area contributed by atoms with Gasteiger partial charge in [0.15, 0.2) is 0 Å². The average molecular weight is 362 g/mol. The fraction of sp³-hybridized carbons (Fsp3) is 0.556. The van der Waals surface area contributed by atoms with E-state index in [2.05, 4.69) is 101 Å². The predicted octanol–water partition coefficient (Wildman–Crippen LogP) is 5.85. The van der Waals surface area contributed by atoms with Crippen molar-refractivity contribution in [3.05, 3.63) is 47.7 Å². The summed E-state index contributed by atoms with van der Waals surface area (Å²) in [7, 11) is -2.92. The lowest BCUT2D eigenvalue weighted by Gasteiger charge is -2.59. The van der Waals surface area contributed by atoms with Crippen LogP contribution in [0.25, 0.3) is 0 Å².